The van der Waals surface area contributed by atoms with Gasteiger partial charge in [0.2, 0.25) is 0 Å². The molecule has 19 heteroatoms. The molecule has 0 fully saturated rings. The minimum Gasteiger partial charge on any atom is -0.462 e. The van der Waals surface area contributed by atoms with Gasteiger partial charge in [-0.3, -0.25) is 37.3 Å². The van der Waals surface area contributed by atoms with Crippen molar-refractivity contribution in [1.29, 1.82) is 0 Å². The molecule has 522 valence electrons. The molecule has 0 radical (unpaired) electrons. The quantitative estimate of drug-likeness (QED) is 0.0222. The van der Waals surface area contributed by atoms with Gasteiger partial charge in [-0.15, -0.1) is 0 Å². The van der Waals surface area contributed by atoms with Gasteiger partial charge >= 0.3 is 39.5 Å². The molecule has 0 aromatic heterocycles. The highest BCUT2D eigenvalue weighted by atomic mass is 31.2. The van der Waals surface area contributed by atoms with Gasteiger partial charge in [-0.05, 0) is 49.4 Å². The summed E-state index contributed by atoms with van der Waals surface area (Å²) in [5.41, 5.74) is 0. The Kier molecular flexibility index (Phi) is 57.6. The van der Waals surface area contributed by atoms with Crippen molar-refractivity contribution in [2.45, 2.75) is 356 Å². The van der Waals surface area contributed by atoms with Crippen LogP contribution in [0.1, 0.15) is 338 Å². The Hall–Kier alpha value is -1.94. The number of esters is 4. The van der Waals surface area contributed by atoms with E-state index in [1.165, 1.54) is 128 Å². The van der Waals surface area contributed by atoms with Gasteiger partial charge in [0.25, 0.3) is 0 Å². The summed E-state index contributed by atoms with van der Waals surface area (Å²) >= 11 is 0. The zero-order valence-electron chi connectivity index (χ0n) is 57.3. The second-order valence-electron chi connectivity index (χ2n) is 26.6. The van der Waals surface area contributed by atoms with E-state index >= 15 is 0 Å². The molecule has 0 bridgehead atoms. The van der Waals surface area contributed by atoms with Crippen LogP contribution in [0.25, 0.3) is 0 Å². The Morgan fingerprint density at radius 1 is 0.318 bits per heavy atom. The van der Waals surface area contributed by atoms with E-state index in [1.54, 1.807) is 0 Å². The number of aliphatic hydroxyl groups is 1. The highest BCUT2D eigenvalue weighted by Crippen LogP contribution is 2.45. The Morgan fingerprint density at radius 2 is 0.545 bits per heavy atom. The molecule has 0 heterocycles. The maximum atomic E-state index is 13.0. The predicted octanol–water partition coefficient (Wildman–Crippen LogP) is 19.3. The second kappa shape index (κ2) is 58.8. The normalized spacial score (nSPS) is 14.6. The maximum Gasteiger partial charge on any atom is 0.472 e. The van der Waals surface area contributed by atoms with E-state index in [2.05, 4.69) is 55.4 Å². The van der Waals surface area contributed by atoms with Gasteiger partial charge in [-0.25, -0.2) is 9.13 Å². The minimum atomic E-state index is -4.95. The summed E-state index contributed by atoms with van der Waals surface area (Å²) in [6.45, 7) is 14.0. The lowest BCUT2D eigenvalue weighted by molar-refractivity contribution is -0.161. The monoisotopic (exact) mass is 1300 g/mol. The fourth-order valence-corrected chi connectivity index (χ4v) is 11.9. The molecule has 0 amide bonds. The first-order valence-electron chi connectivity index (χ1n) is 35.7. The van der Waals surface area contributed by atoms with Crippen molar-refractivity contribution in [1.82, 2.24) is 0 Å². The topological polar surface area (TPSA) is 237 Å². The summed E-state index contributed by atoms with van der Waals surface area (Å²) in [4.78, 5) is 72.4. The molecule has 88 heavy (non-hydrogen) atoms. The number of hydrogen-bond acceptors (Lipinski definition) is 15. The van der Waals surface area contributed by atoms with E-state index in [-0.39, 0.29) is 25.7 Å². The number of unbranched alkanes of at least 4 members (excludes halogenated alkanes) is 31. The van der Waals surface area contributed by atoms with Gasteiger partial charge in [0.1, 0.15) is 19.3 Å². The van der Waals surface area contributed by atoms with Crippen LogP contribution in [0, 0.1) is 23.7 Å². The van der Waals surface area contributed by atoms with E-state index in [0.717, 1.165) is 120 Å². The summed E-state index contributed by atoms with van der Waals surface area (Å²) in [7, 11) is -9.90. The first kappa shape index (κ1) is 86.1. The van der Waals surface area contributed by atoms with E-state index in [0.29, 0.717) is 31.6 Å². The maximum absolute atomic E-state index is 13.0. The lowest BCUT2D eigenvalue weighted by atomic mass is 10.00. The van der Waals surface area contributed by atoms with Crippen molar-refractivity contribution in [2.24, 2.45) is 23.7 Å². The number of carbonyl (C=O) groups excluding carboxylic acids is 4. The fourth-order valence-electron chi connectivity index (χ4n) is 10.3. The molecule has 0 spiro atoms. The zero-order valence-corrected chi connectivity index (χ0v) is 59.1. The summed E-state index contributed by atoms with van der Waals surface area (Å²) in [5, 5.41) is 10.6. The first-order valence-corrected chi connectivity index (χ1v) is 38.7. The third-order valence-corrected chi connectivity index (χ3v) is 18.1. The van der Waals surface area contributed by atoms with Gasteiger partial charge < -0.3 is 33.8 Å². The average Bonchev–Trinajstić information content (AvgIpc) is 3.64. The van der Waals surface area contributed by atoms with Crippen LogP contribution in [0.4, 0.5) is 0 Å². The predicted molar refractivity (Wildman–Crippen MR) is 354 cm³/mol. The van der Waals surface area contributed by atoms with Crippen LogP contribution in [-0.4, -0.2) is 96.7 Å². The van der Waals surface area contributed by atoms with Gasteiger partial charge in [0.15, 0.2) is 12.2 Å². The number of phosphoric ester groups is 2. The lowest BCUT2D eigenvalue weighted by Crippen LogP contribution is -2.30. The van der Waals surface area contributed by atoms with E-state index < -0.39 is 97.5 Å². The second-order valence-corrected chi connectivity index (χ2v) is 29.5. The van der Waals surface area contributed by atoms with Crippen molar-refractivity contribution in [3.8, 4) is 0 Å². The minimum absolute atomic E-state index is 0.104. The van der Waals surface area contributed by atoms with Crippen LogP contribution in [0.3, 0.4) is 0 Å². The molecule has 3 unspecified atom stereocenters. The van der Waals surface area contributed by atoms with E-state index in [1.807, 2.05) is 0 Å². The molecule has 17 nitrogen and oxygen atoms in total. The number of rotatable bonds is 66. The fraction of sp³-hybridized carbons (Fsp3) is 0.942. The third-order valence-electron chi connectivity index (χ3n) is 16.2. The van der Waals surface area contributed by atoms with Gasteiger partial charge in [-0.1, -0.05) is 287 Å². The van der Waals surface area contributed by atoms with Gasteiger partial charge in [-0.2, -0.15) is 0 Å². The highest BCUT2D eigenvalue weighted by Gasteiger charge is 2.30. The highest BCUT2D eigenvalue weighted by molar-refractivity contribution is 7.47. The molecule has 0 saturated carbocycles. The molecule has 0 aliphatic carbocycles. The van der Waals surface area contributed by atoms with Crippen LogP contribution < -0.4 is 0 Å². The Morgan fingerprint density at radius 3 is 0.807 bits per heavy atom. The molecule has 0 aliphatic rings. The van der Waals surface area contributed by atoms with E-state index in [9.17, 15) is 43.2 Å². The smallest absolute Gasteiger partial charge is 0.462 e. The summed E-state index contributed by atoms with van der Waals surface area (Å²) in [6.07, 6.45) is 40.5. The first-order chi connectivity index (χ1) is 42.1. The molecule has 0 saturated heterocycles. The molecule has 0 rings (SSSR count). The van der Waals surface area contributed by atoms with Crippen LogP contribution in [0.2, 0.25) is 0 Å². The van der Waals surface area contributed by atoms with Crippen LogP contribution >= 0.6 is 15.6 Å². The number of hydrogen-bond donors (Lipinski definition) is 3. The molecule has 6 atom stereocenters. The van der Waals surface area contributed by atoms with Gasteiger partial charge in [0.05, 0.1) is 26.4 Å². The molecular weight excluding hydrogens is 1160 g/mol. The largest absolute Gasteiger partial charge is 0.472 e. The van der Waals surface area contributed by atoms with Crippen LogP contribution in [0.15, 0.2) is 0 Å². The van der Waals surface area contributed by atoms with Crippen molar-refractivity contribution >= 4 is 39.5 Å². The number of aliphatic hydroxyl groups excluding tert-OH is 1. The lowest BCUT2D eigenvalue weighted by Gasteiger charge is -2.21. The molecule has 0 aromatic carbocycles. The molecule has 3 N–H and O–H groups in total. The Labute approximate surface area is 537 Å². The van der Waals surface area contributed by atoms with Crippen molar-refractivity contribution in [3.63, 3.8) is 0 Å². The van der Waals surface area contributed by atoms with Crippen molar-refractivity contribution < 1.29 is 80.2 Å². The molecule has 0 aromatic rings. The number of ether oxygens (including phenoxy) is 4. The molecular formula is C69H134O17P2. The van der Waals surface area contributed by atoms with Gasteiger partial charge in [0, 0.05) is 25.7 Å². The average molecular weight is 1300 g/mol. The molecule has 0 aliphatic heterocycles. The van der Waals surface area contributed by atoms with Crippen molar-refractivity contribution in [3.05, 3.63) is 0 Å². The zero-order chi connectivity index (χ0) is 65.4. The summed E-state index contributed by atoms with van der Waals surface area (Å²) < 4.78 is 68.2. The van der Waals surface area contributed by atoms with Crippen molar-refractivity contribution in [2.75, 3.05) is 39.6 Å². The summed E-state index contributed by atoms with van der Waals surface area (Å²) in [6, 6.07) is 0. The van der Waals surface area contributed by atoms with E-state index in [4.69, 9.17) is 37.0 Å². The van der Waals surface area contributed by atoms with Crippen LogP contribution in [0.5, 0.6) is 0 Å². The summed E-state index contributed by atoms with van der Waals surface area (Å²) in [5.74, 6) is 0.815. The standard InChI is InChI=1S/C69H134O17P2/c1-9-62(8)48-40-32-26-28-34-42-50-67(72)80-56-65(86-68(73)51-43-35-23-19-14-12-10-11-13-17-21-29-37-45-59(2)3)58-84-88(77,78)82-54-63(70)53-81-87(75,76)83-57-64(55-79-66(71)49-41-33-27-25-31-39-47-61(6)7)85-69(74)52-44-36-24-20-16-15-18-22-30-38-46-60(4)5/h59-65,70H,9-58H2,1-8H3,(H,75,76)(H,77,78)/t62?,63-,64-,65-/m1/s1. The third kappa shape index (κ3) is 61.6. The number of carbonyl (C=O) groups is 4. The Balaban J connectivity index is 5.24. The van der Waals surface area contributed by atoms with Crippen LogP contribution in [-0.2, 0) is 65.4 Å². The Bertz CT molecular complexity index is 1750. The SMILES string of the molecule is CCC(C)CCCCCCCCC(=O)OC[C@H](COP(=O)(O)OC[C@H](O)COP(=O)(O)OC[C@@H](COC(=O)CCCCCCCCC(C)C)OC(=O)CCCCCCCCCCCCC(C)C)OC(=O)CCCCCCCCCCCCCCCC(C)C. The number of phosphoric acid groups is 2.